The SMILES string of the molecule is COC(=O)[C@@H](N)Cc1ccc(OCc2ccc(OC)cc2)cc1. The molecule has 5 nitrogen and oxygen atoms in total. The number of esters is 1. The van der Waals surface area contributed by atoms with Gasteiger partial charge in [-0.3, -0.25) is 4.79 Å². The van der Waals surface area contributed by atoms with Gasteiger partial charge in [-0.2, -0.15) is 0 Å². The van der Waals surface area contributed by atoms with Crippen molar-refractivity contribution in [1.29, 1.82) is 0 Å². The molecule has 0 aliphatic heterocycles. The summed E-state index contributed by atoms with van der Waals surface area (Å²) in [4.78, 5) is 11.3. The Kier molecular flexibility index (Phi) is 6.00. The maximum absolute atomic E-state index is 11.3. The number of ether oxygens (including phenoxy) is 3. The molecule has 0 unspecified atom stereocenters. The van der Waals surface area contributed by atoms with Crippen molar-refractivity contribution < 1.29 is 19.0 Å². The van der Waals surface area contributed by atoms with Crippen LogP contribution in [0.2, 0.25) is 0 Å². The van der Waals surface area contributed by atoms with Crippen molar-refractivity contribution in [2.45, 2.75) is 19.1 Å². The van der Waals surface area contributed by atoms with Crippen molar-refractivity contribution in [2.24, 2.45) is 5.73 Å². The van der Waals surface area contributed by atoms with Crippen molar-refractivity contribution in [3.63, 3.8) is 0 Å². The third-order valence-electron chi connectivity index (χ3n) is 3.45. The molecular formula is C18H21NO4. The van der Waals surface area contributed by atoms with E-state index in [2.05, 4.69) is 4.74 Å². The number of hydrogen-bond donors (Lipinski definition) is 1. The number of benzene rings is 2. The molecular weight excluding hydrogens is 294 g/mol. The number of rotatable bonds is 7. The molecule has 2 N–H and O–H groups in total. The molecule has 122 valence electrons. The molecule has 0 spiro atoms. The molecule has 0 bridgehead atoms. The van der Waals surface area contributed by atoms with Gasteiger partial charge in [-0.25, -0.2) is 0 Å². The van der Waals surface area contributed by atoms with E-state index in [0.717, 1.165) is 22.6 Å². The Morgan fingerprint density at radius 3 is 2.09 bits per heavy atom. The lowest BCUT2D eigenvalue weighted by molar-refractivity contribution is -0.142. The van der Waals surface area contributed by atoms with Gasteiger partial charge < -0.3 is 19.9 Å². The van der Waals surface area contributed by atoms with Gasteiger partial charge >= 0.3 is 5.97 Å². The fourth-order valence-electron chi connectivity index (χ4n) is 2.10. The van der Waals surface area contributed by atoms with Crippen molar-refractivity contribution in [3.05, 3.63) is 59.7 Å². The molecule has 23 heavy (non-hydrogen) atoms. The van der Waals surface area contributed by atoms with Crippen LogP contribution in [-0.2, 0) is 22.6 Å². The van der Waals surface area contributed by atoms with E-state index in [1.165, 1.54) is 7.11 Å². The summed E-state index contributed by atoms with van der Waals surface area (Å²) in [6, 6.07) is 14.6. The molecule has 0 saturated heterocycles. The van der Waals surface area contributed by atoms with Crippen molar-refractivity contribution in [2.75, 3.05) is 14.2 Å². The van der Waals surface area contributed by atoms with E-state index in [1.54, 1.807) is 7.11 Å². The van der Waals surface area contributed by atoms with Crippen LogP contribution in [0.25, 0.3) is 0 Å². The maximum atomic E-state index is 11.3. The first-order valence-corrected chi connectivity index (χ1v) is 7.30. The van der Waals surface area contributed by atoms with E-state index in [0.29, 0.717) is 13.0 Å². The average molecular weight is 315 g/mol. The number of methoxy groups -OCH3 is 2. The highest BCUT2D eigenvalue weighted by atomic mass is 16.5. The molecule has 1 atom stereocenters. The Bertz CT molecular complexity index is 622. The molecule has 0 fully saturated rings. The first-order valence-electron chi connectivity index (χ1n) is 7.30. The fourth-order valence-corrected chi connectivity index (χ4v) is 2.10. The van der Waals surface area contributed by atoms with Crippen molar-refractivity contribution >= 4 is 5.97 Å². The Hall–Kier alpha value is -2.53. The van der Waals surface area contributed by atoms with Crippen LogP contribution in [0, 0.1) is 0 Å². The van der Waals surface area contributed by atoms with E-state index < -0.39 is 12.0 Å². The summed E-state index contributed by atoms with van der Waals surface area (Å²) in [5.74, 6) is 1.17. The zero-order chi connectivity index (χ0) is 16.7. The number of nitrogens with two attached hydrogens (primary N) is 1. The topological polar surface area (TPSA) is 70.8 Å². The predicted molar refractivity (Wildman–Crippen MR) is 87.5 cm³/mol. The van der Waals surface area contributed by atoms with Crippen LogP contribution in [0.1, 0.15) is 11.1 Å². The second kappa shape index (κ2) is 8.19. The normalized spacial score (nSPS) is 11.6. The highest BCUT2D eigenvalue weighted by Crippen LogP contribution is 2.17. The average Bonchev–Trinajstić information content (AvgIpc) is 2.60. The molecule has 2 aromatic rings. The van der Waals surface area contributed by atoms with Gasteiger partial charge in [0.1, 0.15) is 24.1 Å². The lowest BCUT2D eigenvalue weighted by Gasteiger charge is -2.10. The Labute approximate surface area is 136 Å². The summed E-state index contributed by atoms with van der Waals surface area (Å²) in [6.07, 6.45) is 0.436. The van der Waals surface area contributed by atoms with Crippen LogP contribution in [0.5, 0.6) is 11.5 Å². The van der Waals surface area contributed by atoms with Gasteiger partial charge in [0.25, 0.3) is 0 Å². The van der Waals surface area contributed by atoms with Crippen LogP contribution in [0.3, 0.4) is 0 Å². The second-order valence-electron chi connectivity index (χ2n) is 5.11. The molecule has 0 aromatic heterocycles. The zero-order valence-electron chi connectivity index (χ0n) is 13.3. The highest BCUT2D eigenvalue weighted by molar-refractivity contribution is 5.75. The van der Waals surface area contributed by atoms with Gasteiger partial charge in [0, 0.05) is 0 Å². The van der Waals surface area contributed by atoms with E-state index in [4.69, 9.17) is 15.2 Å². The van der Waals surface area contributed by atoms with Gasteiger partial charge in [0.2, 0.25) is 0 Å². The van der Waals surface area contributed by atoms with Crippen LogP contribution in [0.4, 0.5) is 0 Å². The predicted octanol–water partition coefficient (Wildman–Crippen LogP) is 2.32. The fraction of sp³-hybridized carbons (Fsp3) is 0.278. The van der Waals surface area contributed by atoms with Gasteiger partial charge in [0.15, 0.2) is 0 Å². The first kappa shape index (κ1) is 16.8. The molecule has 0 radical (unpaired) electrons. The molecule has 0 amide bonds. The number of carbonyl (C=O) groups excluding carboxylic acids is 1. The Morgan fingerprint density at radius 2 is 1.52 bits per heavy atom. The summed E-state index contributed by atoms with van der Waals surface area (Å²) in [7, 11) is 2.97. The molecule has 0 aliphatic carbocycles. The van der Waals surface area contributed by atoms with Crippen molar-refractivity contribution in [1.82, 2.24) is 0 Å². The Morgan fingerprint density at radius 1 is 0.957 bits per heavy atom. The lowest BCUT2D eigenvalue weighted by Crippen LogP contribution is -2.33. The minimum atomic E-state index is -0.647. The summed E-state index contributed by atoms with van der Waals surface area (Å²) < 4.78 is 15.5. The minimum Gasteiger partial charge on any atom is -0.497 e. The van der Waals surface area contributed by atoms with Crippen molar-refractivity contribution in [3.8, 4) is 11.5 Å². The molecule has 2 rings (SSSR count). The van der Waals surface area contributed by atoms with E-state index in [9.17, 15) is 4.79 Å². The van der Waals surface area contributed by atoms with Gasteiger partial charge in [-0.15, -0.1) is 0 Å². The monoisotopic (exact) mass is 315 g/mol. The second-order valence-corrected chi connectivity index (χ2v) is 5.11. The molecule has 2 aromatic carbocycles. The maximum Gasteiger partial charge on any atom is 0.322 e. The van der Waals surface area contributed by atoms with Gasteiger partial charge in [-0.05, 0) is 41.8 Å². The largest absolute Gasteiger partial charge is 0.497 e. The summed E-state index contributed by atoms with van der Waals surface area (Å²) >= 11 is 0. The molecule has 0 heterocycles. The third-order valence-corrected chi connectivity index (χ3v) is 3.45. The Balaban J connectivity index is 1.88. The van der Waals surface area contributed by atoms with Crippen LogP contribution in [-0.4, -0.2) is 26.2 Å². The standard InChI is InChI=1S/C18H21NO4/c1-21-15-7-5-14(6-8-15)12-23-16-9-3-13(4-10-16)11-17(19)18(20)22-2/h3-10,17H,11-12,19H2,1-2H3/t17-/m0/s1. The molecule has 0 aliphatic rings. The summed E-state index contributed by atoms with van der Waals surface area (Å²) in [6.45, 7) is 0.477. The van der Waals surface area contributed by atoms with Crippen LogP contribution >= 0.6 is 0 Å². The number of hydrogen-bond acceptors (Lipinski definition) is 5. The van der Waals surface area contributed by atoms with E-state index >= 15 is 0 Å². The smallest absolute Gasteiger partial charge is 0.322 e. The van der Waals surface area contributed by atoms with Gasteiger partial charge in [0.05, 0.1) is 14.2 Å². The van der Waals surface area contributed by atoms with E-state index in [1.807, 2.05) is 48.5 Å². The third kappa shape index (κ3) is 5.00. The molecule has 0 saturated carbocycles. The number of carbonyl (C=O) groups is 1. The highest BCUT2D eigenvalue weighted by Gasteiger charge is 2.13. The lowest BCUT2D eigenvalue weighted by atomic mass is 10.1. The minimum absolute atomic E-state index is 0.412. The summed E-state index contributed by atoms with van der Waals surface area (Å²) in [5, 5.41) is 0. The molecule has 5 heteroatoms. The van der Waals surface area contributed by atoms with Crippen LogP contribution < -0.4 is 15.2 Å². The summed E-state index contributed by atoms with van der Waals surface area (Å²) in [5.41, 5.74) is 7.76. The van der Waals surface area contributed by atoms with Gasteiger partial charge in [-0.1, -0.05) is 24.3 Å². The van der Waals surface area contributed by atoms with Crippen LogP contribution in [0.15, 0.2) is 48.5 Å². The zero-order valence-corrected chi connectivity index (χ0v) is 13.3. The van der Waals surface area contributed by atoms with E-state index in [-0.39, 0.29) is 0 Å². The quantitative estimate of drug-likeness (QED) is 0.794. The first-order chi connectivity index (χ1) is 11.1.